The highest BCUT2D eigenvalue weighted by Crippen LogP contribution is 2.28. The number of fused-ring (bicyclic) bond motifs is 3. The summed E-state index contributed by atoms with van der Waals surface area (Å²) in [4.78, 5) is 11.1. The molecule has 4 rings (SSSR count). The van der Waals surface area contributed by atoms with Crippen LogP contribution in [0.25, 0.3) is 21.9 Å². The first kappa shape index (κ1) is 11.7. The molecule has 102 valence electrons. The van der Waals surface area contributed by atoms with E-state index in [1.807, 2.05) is 25.4 Å². The minimum absolute atomic E-state index is 0.232. The highest BCUT2D eigenvalue weighted by Gasteiger charge is 2.22. The molecule has 1 N–H and O–H groups in total. The smallest absolute Gasteiger partial charge is 0.143 e. The Kier molecular flexibility index (Phi) is 2.44. The second-order valence-corrected chi connectivity index (χ2v) is 5.38. The molecule has 0 aliphatic carbocycles. The van der Waals surface area contributed by atoms with Gasteiger partial charge in [-0.2, -0.15) is 0 Å². The highest BCUT2D eigenvalue weighted by molar-refractivity contribution is 6.06. The average molecular weight is 268 g/mol. The number of aryl methyl sites for hydroxylation is 1. The maximum Gasteiger partial charge on any atom is 0.143 e. The van der Waals surface area contributed by atoms with Crippen LogP contribution in [0.5, 0.6) is 0 Å². The van der Waals surface area contributed by atoms with Crippen molar-refractivity contribution in [2.45, 2.75) is 12.5 Å². The molecule has 0 saturated carbocycles. The second-order valence-electron chi connectivity index (χ2n) is 5.38. The van der Waals surface area contributed by atoms with E-state index in [1.165, 1.54) is 0 Å². The number of aliphatic hydroxyl groups is 1. The van der Waals surface area contributed by atoms with Crippen molar-refractivity contribution >= 4 is 27.8 Å². The molecule has 3 aromatic heterocycles. The predicted octanol–water partition coefficient (Wildman–Crippen LogP) is 1.69. The summed E-state index contributed by atoms with van der Waals surface area (Å²) in [7, 11) is 2.03. The van der Waals surface area contributed by atoms with Crippen LogP contribution in [-0.4, -0.2) is 38.8 Å². The maximum absolute atomic E-state index is 9.66. The number of pyridine rings is 2. The van der Waals surface area contributed by atoms with Crippen molar-refractivity contribution in [3.63, 3.8) is 0 Å². The minimum atomic E-state index is -0.232. The molecule has 1 aliphatic rings. The van der Waals surface area contributed by atoms with Crippen molar-refractivity contribution in [1.82, 2.24) is 14.5 Å². The normalized spacial score (nSPS) is 19.3. The van der Waals surface area contributed by atoms with Gasteiger partial charge in [0.15, 0.2) is 0 Å². The van der Waals surface area contributed by atoms with Crippen LogP contribution < -0.4 is 4.90 Å². The summed E-state index contributed by atoms with van der Waals surface area (Å²) in [6, 6.07) is 6.15. The second kappa shape index (κ2) is 4.18. The summed E-state index contributed by atoms with van der Waals surface area (Å²) >= 11 is 0. The number of hydrogen-bond acceptors (Lipinski definition) is 4. The summed E-state index contributed by atoms with van der Waals surface area (Å²) in [5.41, 5.74) is 2.10. The Morgan fingerprint density at radius 1 is 1.25 bits per heavy atom. The van der Waals surface area contributed by atoms with Crippen LogP contribution in [0.2, 0.25) is 0 Å². The molecule has 0 unspecified atom stereocenters. The van der Waals surface area contributed by atoms with Gasteiger partial charge < -0.3 is 14.6 Å². The number of aromatic nitrogens is 3. The fraction of sp³-hybridized carbons (Fsp3) is 0.333. The summed E-state index contributed by atoms with van der Waals surface area (Å²) in [5.74, 6) is 0.938. The lowest BCUT2D eigenvalue weighted by Crippen LogP contribution is -2.22. The Balaban J connectivity index is 1.91. The van der Waals surface area contributed by atoms with Gasteiger partial charge in [-0.05, 0) is 24.6 Å². The van der Waals surface area contributed by atoms with E-state index in [0.29, 0.717) is 6.54 Å². The average Bonchev–Trinajstić information content (AvgIpc) is 3.03. The Bertz CT molecular complexity index is 795. The summed E-state index contributed by atoms with van der Waals surface area (Å²) < 4.78 is 2.10. The maximum atomic E-state index is 9.66. The van der Waals surface area contributed by atoms with Crippen LogP contribution in [0.3, 0.4) is 0 Å². The number of aliphatic hydroxyl groups excluding tert-OH is 1. The molecule has 1 saturated heterocycles. The Hall–Kier alpha value is -2.14. The zero-order valence-corrected chi connectivity index (χ0v) is 11.3. The molecule has 0 radical (unpaired) electrons. The quantitative estimate of drug-likeness (QED) is 0.729. The Morgan fingerprint density at radius 2 is 2.15 bits per heavy atom. The van der Waals surface area contributed by atoms with Gasteiger partial charge in [-0.1, -0.05) is 0 Å². The molecule has 4 heterocycles. The topological polar surface area (TPSA) is 54.2 Å². The van der Waals surface area contributed by atoms with E-state index in [9.17, 15) is 5.11 Å². The first-order valence-corrected chi connectivity index (χ1v) is 6.86. The fourth-order valence-electron chi connectivity index (χ4n) is 3.03. The number of nitrogens with zero attached hydrogens (tertiary/aromatic N) is 4. The molecule has 0 aromatic carbocycles. The van der Waals surface area contributed by atoms with E-state index in [0.717, 1.165) is 40.7 Å². The zero-order valence-electron chi connectivity index (χ0n) is 11.3. The van der Waals surface area contributed by atoms with Gasteiger partial charge in [0, 0.05) is 43.3 Å². The zero-order chi connectivity index (χ0) is 13.7. The molecular weight excluding hydrogens is 252 g/mol. The first-order valence-electron chi connectivity index (χ1n) is 6.86. The molecule has 0 spiro atoms. The number of β-amino-alcohol motifs (C(OH)–C–C–N with tert-alkyl or cyclic N) is 1. The van der Waals surface area contributed by atoms with Crippen LogP contribution >= 0.6 is 0 Å². The molecule has 1 fully saturated rings. The van der Waals surface area contributed by atoms with Gasteiger partial charge in [-0.25, -0.2) is 4.98 Å². The summed E-state index contributed by atoms with van der Waals surface area (Å²) in [6.07, 6.45) is 4.28. The SMILES string of the molecule is Cn1c2ccncc2c2ccc(N3CC[C@H](O)C3)nc21. The molecule has 5 heteroatoms. The van der Waals surface area contributed by atoms with E-state index in [2.05, 4.69) is 20.5 Å². The van der Waals surface area contributed by atoms with Gasteiger partial charge >= 0.3 is 0 Å². The molecular formula is C15H16N4O. The number of anilines is 1. The van der Waals surface area contributed by atoms with Crippen LogP contribution in [0.4, 0.5) is 5.82 Å². The lowest BCUT2D eigenvalue weighted by molar-refractivity contribution is 0.198. The van der Waals surface area contributed by atoms with Gasteiger partial charge in [0.1, 0.15) is 11.5 Å². The minimum Gasteiger partial charge on any atom is -0.391 e. The standard InChI is InChI=1S/C15H16N4O/c1-18-13-4-6-16-8-12(13)11-2-3-14(17-15(11)18)19-7-5-10(20)9-19/h2-4,6,8,10,20H,5,7,9H2,1H3/t10-/m0/s1. The van der Waals surface area contributed by atoms with Crippen LogP contribution in [0.1, 0.15) is 6.42 Å². The Morgan fingerprint density at radius 3 is 2.95 bits per heavy atom. The van der Waals surface area contributed by atoms with E-state index in [1.54, 1.807) is 6.20 Å². The number of rotatable bonds is 1. The third kappa shape index (κ3) is 1.59. The predicted molar refractivity (Wildman–Crippen MR) is 78.9 cm³/mol. The van der Waals surface area contributed by atoms with E-state index in [4.69, 9.17) is 4.98 Å². The van der Waals surface area contributed by atoms with Gasteiger partial charge in [-0.3, -0.25) is 4.98 Å². The largest absolute Gasteiger partial charge is 0.391 e. The molecule has 1 aliphatic heterocycles. The van der Waals surface area contributed by atoms with Gasteiger partial charge in [0.25, 0.3) is 0 Å². The van der Waals surface area contributed by atoms with Crippen molar-refractivity contribution < 1.29 is 5.11 Å². The van der Waals surface area contributed by atoms with Gasteiger partial charge in [-0.15, -0.1) is 0 Å². The van der Waals surface area contributed by atoms with Crippen molar-refractivity contribution in [2.75, 3.05) is 18.0 Å². The van der Waals surface area contributed by atoms with E-state index < -0.39 is 0 Å². The van der Waals surface area contributed by atoms with E-state index >= 15 is 0 Å². The molecule has 0 bridgehead atoms. The molecule has 0 amide bonds. The van der Waals surface area contributed by atoms with Crippen molar-refractivity contribution in [2.24, 2.45) is 7.05 Å². The highest BCUT2D eigenvalue weighted by atomic mass is 16.3. The van der Waals surface area contributed by atoms with Crippen molar-refractivity contribution in [1.29, 1.82) is 0 Å². The van der Waals surface area contributed by atoms with Gasteiger partial charge in [0.05, 0.1) is 11.6 Å². The van der Waals surface area contributed by atoms with Crippen LogP contribution in [-0.2, 0) is 7.05 Å². The van der Waals surface area contributed by atoms with Crippen LogP contribution in [0, 0.1) is 0 Å². The monoisotopic (exact) mass is 268 g/mol. The first-order chi connectivity index (χ1) is 9.74. The van der Waals surface area contributed by atoms with Crippen molar-refractivity contribution in [3.05, 3.63) is 30.6 Å². The summed E-state index contributed by atoms with van der Waals surface area (Å²) in [5, 5.41) is 11.9. The fourth-order valence-corrected chi connectivity index (χ4v) is 3.03. The Labute approximate surface area is 116 Å². The molecule has 5 nitrogen and oxygen atoms in total. The lowest BCUT2D eigenvalue weighted by Gasteiger charge is -2.16. The summed E-state index contributed by atoms with van der Waals surface area (Å²) in [6.45, 7) is 1.54. The number of hydrogen-bond donors (Lipinski definition) is 1. The molecule has 3 aromatic rings. The molecule has 1 atom stereocenters. The van der Waals surface area contributed by atoms with Crippen molar-refractivity contribution in [3.8, 4) is 0 Å². The third-order valence-corrected chi connectivity index (χ3v) is 4.12. The van der Waals surface area contributed by atoms with Gasteiger partial charge in [0.2, 0.25) is 0 Å². The lowest BCUT2D eigenvalue weighted by atomic mass is 10.2. The van der Waals surface area contributed by atoms with Crippen LogP contribution in [0.15, 0.2) is 30.6 Å². The van der Waals surface area contributed by atoms with E-state index in [-0.39, 0.29) is 6.10 Å². The molecule has 20 heavy (non-hydrogen) atoms. The third-order valence-electron chi connectivity index (χ3n) is 4.12.